The van der Waals surface area contributed by atoms with Crippen molar-refractivity contribution in [2.75, 3.05) is 13.7 Å². The lowest BCUT2D eigenvalue weighted by molar-refractivity contribution is -0.0147. The van der Waals surface area contributed by atoms with Crippen molar-refractivity contribution in [2.45, 2.75) is 47.1 Å². The van der Waals surface area contributed by atoms with E-state index in [2.05, 4.69) is 70.4 Å². The number of hydrogen-bond donors (Lipinski definition) is 3. The molecule has 0 aromatic heterocycles. The van der Waals surface area contributed by atoms with E-state index in [0.717, 1.165) is 13.0 Å². The summed E-state index contributed by atoms with van der Waals surface area (Å²) in [6, 6.07) is 0. The van der Waals surface area contributed by atoms with Crippen LogP contribution in [0.25, 0.3) is 0 Å². The van der Waals surface area contributed by atoms with Gasteiger partial charge in [0.1, 0.15) is 0 Å². The number of rotatable bonds is 7. The maximum absolute atomic E-state index is 5.87. The Kier molecular flexibility index (Phi) is 10.9. The number of methoxy groups -OCH3 is 1. The van der Waals surface area contributed by atoms with Gasteiger partial charge in [0, 0.05) is 19.6 Å². The molecule has 1 aliphatic carbocycles. The summed E-state index contributed by atoms with van der Waals surface area (Å²) >= 11 is 0. The fourth-order valence-corrected chi connectivity index (χ4v) is 3.31. The Morgan fingerprint density at radius 2 is 1.96 bits per heavy atom. The minimum absolute atomic E-state index is 0.341. The van der Waals surface area contributed by atoms with Crippen LogP contribution in [0, 0.1) is 23.7 Å². The molecule has 1 aliphatic rings. The van der Waals surface area contributed by atoms with Crippen molar-refractivity contribution in [2.24, 2.45) is 35.4 Å². The smallest absolute Gasteiger partial charge is 0.0670 e. The highest BCUT2D eigenvalue weighted by atomic mass is 16.5. The maximum atomic E-state index is 5.87. The molecule has 0 saturated heterocycles. The molecule has 0 fully saturated rings. The summed E-state index contributed by atoms with van der Waals surface area (Å²) in [4.78, 5) is 0. The van der Waals surface area contributed by atoms with Gasteiger partial charge in [-0.15, -0.1) is 0 Å². The van der Waals surface area contributed by atoms with Gasteiger partial charge < -0.3 is 10.1 Å². The fraction of sp³-hybridized carbons (Fsp3) is 0.684. The van der Waals surface area contributed by atoms with Crippen molar-refractivity contribution in [3.63, 3.8) is 0 Å². The predicted octanol–water partition coefficient (Wildman–Crippen LogP) is 3.37. The first-order valence-electron chi connectivity index (χ1n) is 8.49. The van der Waals surface area contributed by atoms with Gasteiger partial charge in [0.05, 0.1) is 6.10 Å². The van der Waals surface area contributed by atoms with E-state index in [4.69, 9.17) is 4.74 Å². The second-order valence-corrected chi connectivity index (χ2v) is 6.95. The van der Waals surface area contributed by atoms with Crippen molar-refractivity contribution in [1.29, 1.82) is 0 Å². The lowest BCUT2D eigenvalue weighted by Crippen LogP contribution is -2.39. The molecule has 0 aromatic rings. The van der Waals surface area contributed by atoms with Crippen LogP contribution in [0.1, 0.15) is 41.0 Å². The second kappa shape index (κ2) is 11.4. The summed E-state index contributed by atoms with van der Waals surface area (Å²) < 4.78 is 5.87. The minimum Gasteiger partial charge on any atom is -0.388 e. The third-order valence-electron chi connectivity index (χ3n) is 4.53. The van der Waals surface area contributed by atoms with E-state index in [1.54, 1.807) is 6.20 Å². The average Bonchev–Trinajstić information content (AvgIpc) is 2.53. The minimum atomic E-state index is 0.341. The van der Waals surface area contributed by atoms with Crippen molar-refractivity contribution >= 4 is 0 Å². The van der Waals surface area contributed by atoms with Crippen LogP contribution in [-0.4, -0.2) is 19.8 Å². The molecular formula is C19H37N3O. The molecule has 23 heavy (non-hydrogen) atoms. The zero-order valence-corrected chi connectivity index (χ0v) is 15.8. The molecule has 0 aromatic carbocycles. The number of hydrazine groups is 1. The van der Waals surface area contributed by atoms with Gasteiger partial charge in [-0.05, 0) is 37.3 Å². The van der Waals surface area contributed by atoms with Gasteiger partial charge in [-0.3, -0.25) is 11.7 Å². The molecule has 0 heterocycles. The number of ether oxygens (including phenoxy) is 1. The molecule has 134 valence electrons. The van der Waals surface area contributed by atoms with E-state index < -0.39 is 0 Å². The van der Waals surface area contributed by atoms with Crippen molar-refractivity contribution < 1.29 is 4.74 Å². The van der Waals surface area contributed by atoms with E-state index in [9.17, 15) is 0 Å². The van der Waals surface area contributed by atoms with Gasteiger partial charge in [0.2, 0.25) is 0 Å². The Hall–Kier alpha value is -1.10. The lowest BCUT2D eigenvalue weighted by atomic mass is 9.71. The number of nitrogens with one attached hydrogen (secondary N) is 1. The van der Waals surface area contributed by atoms with Gasteiger partial charge in [0.25, 0.3) is 0 Å². The Bertz CT molecular complexity index is 399. The number of hydrogen-bond acceptors (Lipinski definition) is 4. The highest BCUT2D eigenvalue weighted by Crippen LogP contribution is 2.39. The summed E-state index contributed by atoms with van der Waals surface area (Å²) in [6.45, 7) is 16.0. The molecule has 0 radical (unpaired) electrons. The molecule has 0 amide bonds. The largest absolute Gasteiger partial charge is 0.388 e. The molecule has 5 N–H and O–H groups in total. The van der Waals surface area contributed by atoms with Crippen LogP contribution in [0.5, 0.6) is 0 Å². The van der Waals surface area contributed by atoms with E-state index >= 15 is 0 Å². The quantitative estimate of drug-likeness (QED) is 0.496. The average molecular weight is 324 g/mol. The van der Waals surface area contributed by atoms with Gasteiger partial charge in [-0.2, -0.15) is 0 Å². The third kappa shape index (κ3) is 6.90. The summed E-state index contributed by atoms with van der Waals surface area (Å²) in [6.07, 6.45) is 7.99. The first-order chi connectivity index (χ1) is 10.9. The Morgan fingerprint density at radius 3 is 2.39 bits per heavy atom. The molecule has 1 rings (SSSR count). The third-order valence-corrected chi connectivity index (χ3v) is 4.53. The van der Waals surface area contributed by atoms with E-state index in [-0.39, 0.29) is 0 Å². The summed E-state index contributed by atoms with van der Waals surface area (Å²) in [7, 11) is 1.86. The Labute approximate surface area is 143 Å². The predicted molar refractivity (Wildman–Crippen MR) is 100 cm³/mol. The highest BCUT2D eigenvalue weighted by molar-refractivity contribution is 5.28. The lowest BCUT2D eigenvalue weighted by Gasteiger charge is -2.40. The normalized spacial score (nSPS) is 24.9. The number of nitrogens with two attached hydrogens (primary N) is 2. The molecule has 3 unspecified atom stereocenters. The zero-order valence-electron chi connectivity index (χ0n) is 15.8. The van der Waals surface area contributed by atoms with Crippen LogP contribution in [0.3, 0.4) is 0 Å². The molecule has 4 heteroatoms. The molecule has 0 bridgehead atoms. The van der Waals surface area contributed by atoms with Crippen LogP contribution in [0.4, 0.5) is 0 Å². The molecular weight excluding hydrogens is 286 g/mol. The molecule has 0 spiro atoms. The van der Waals surface area contributed by atoms with Gasteiger partial charge in [-0.25, -0.2) is 0 Å². The summed E-state index contributed by atoms with van der Waals surface area (Å²) in [5, 5.41) is 3.17. The van der Waals surface area contributed by atoms with Crippen molar-refractivity contribution in [1.82, 2.24) is 5.32 Å². The number of allylic oxidation sites excluding steroid dienone is 2. The van der Waals surface area contributed by atoms with E-state index in [1.807, 2.05) is 7.11 Å². The first-order valence-corrected chi connectivity index (χ1v) is 8.49. The fourth-order valence-electron chi connectivity index (χ4n) is 3.31. The molecule has 0 aliphatic heterocycles. The summed E-state index contributed by atoms with van der Waals surface area (Å²) in [5.41, 5.74) is 2.81. The molecule has 4 nitrogen and oxygen atoms in total. The SMILES string of the molecule is C=CNC/C(C)=C\C1=CC(C(C)C)C(OC)C(C(C)C)C1.NN. The molecule has 3 atom stereocenters. The highest BCUT2D eigenvalue weighted by Gasteiger charge is 2.35. The standard InChI is InChI=1S/C19H33NO.H4N2/c1-8-20-12-15(6)9-16-10-17(13(2)3)19(21-7)18(11-16)14(4)5;1-2/h8-10,13-14,17-20H,1,11-12H2,2-7H3;1-2H2/b15-9-;. The van der Waals surface area contributed by atoms with E-state index in [0.29, 0.717) is 29.8 Å². The van der Waals surface area contributed by atoms with Gasteiger partial charge >= 0.3 is 0 Å². The Morgan fingerprint density at radius 1 is 1.35 bits per heavy atom. The van der Waals surface area contributed by atoms with Gasteiger partial charge in [0.15, 0.2) is 0 Å². The summed E-state index contributed by atoms with van der Waals surface area (Å²) in [5.74, 6) is 10.3. The van der Waals surface area contributed by atoms with Crippen LogP contribution >= 0.6 is 0 Å². The Balaban J connectivity index is 0.00000232. The van der Waals surface area contributed by atoms with Crippen LogP contribution in [-0.2, 0) is 4.74 Å². The zero-order chi connectivity index (χ0) is 18.0. The molecule has 0 saturated carbocycles. The van der Waals surface area contributed by atoms with Gasteiger partial charge in [-0.1, -0.05) is 57.6 Å². The van der Waals surface area contributed by atoms with E-state index in [1.165, 1.54) is 11.1 Å². The van der Waals surface area contributed by atoms with Crippen LogP contribution < -0.4 is 17.0 Å². The first kappa shape index (κ1) is 21.9. The topological polar surface area (TPSA) is 73.3 Å². The van der Waals surface area contributed by atoms with Crippen molar-refractivity contribution in [3.05, 3.63) is 36.1 Å². The monoisotopic (exact) mass is 323 g/mol. The van der Waals surface area contributed by atoms with Crippen LogP contribution in [0.2, 0.25) is 0 Å². The van der Waals surface area contributed by atoms with Crippen LogP contribution in [0.15, 0.2) is 36.1 Å². The second-order valence-electron chi connectivity index (χ2n) is 6.95. The maximum Gasteiger partial charge on any atom is 0.0670 e. The van der Waals surface area contributed by atoms with Crippen molar-refractivity contribution in [3.8, 4) is 0 Å².